The molecule has 1 unspecified atom stereocenters. The molecule has 8 nitrogen and oxygen atoms in total. The Hall–Kier alpha value is -3.23. The number of hydrogen-bond donors (Lipinski definition) is 3. The molecule has 3 amide bonds. The van der Waals surface area contributed by atoms with Gasteiger partial charge in [0, 0.05) is 52.2 Å². The average Bonchev–Trinajstić information content (AvgIpc) is 2.90. The van der Waals surface area contributed by atoms with E-state index in [1.165, 1.54) is 5.56 Å². The fourth-order valence-corrected chi connectivity index (χ4v) is 4.26. The lowest BCUT2D eigenvalue weighted by molar-refractivity contribution is -0.137. The number of rotatable bonds is 11. The molecule has 2 aromatic carbocycles. The number of benzene rings is 2. The Morgan fingerprint density at radius 3 is 2.14 bits per heavy atom. The van der Waals surface area contributed by atoms with Crippen LogP contribution in [0, 0.1) is 5.92 Å². The van der Waals surface area contributed by atoms with E-state index in [2.05, 4.69) is 27.7 Å². The van der Waals surface area contributed by atoms with Crippen molar-refractivity contribution in [3.8, 4) is 0 Å². The highest BCUT2D eigenvalue weighted by Gasteiger charge is 2.28. The first-order valence-electron chi connectivity index (χ1n) is 12.8. The Morgan fingerprint density at radius 1 is 0.889 bits per heavy atom. The predicted octanol–water partition coefficient (Wildman–Crippen LogP) is 1.68. The van der Waals surface area contributed by atoms with Crippen molar-refractivity contribution in [3.63, 3.8) is 0 Å². The Balaban J connectivity index is 1.58. The molecule has 1 saturated heterocycles. The maximum Gasteiger partial charge on any atom is 0.236 e. The van der Waals surface area contributed by atoms with Crippen LogP contribution in [0.4, 0.5) is 0 Å². The minimum absolute atomic E-state index is 0.0549. The van der Waals surface area contributed by atoms with Gasteiger partial charge in [0.25, 0.3) is 0 Å². The standard InChI is InChI=1S/C28H39N5O3/c1-3-26(34)30-19-25(17-22-9-11-23(12-10-22)18-31-27(35)21(2)29)28(36)33-15-13-32(14-16-33)20-24-7-5-4-6-8-24/h4-12,21,25H,3,13-20,29H2,1-2H3,(H,30,34)(H,31,35)/t21?,25-/m0/s1. The molecule has 2 aromatic rings. The molecule has 0 radical (unpaired) electrons. The van der Waals surface area contributed by atoms with Gasteiger partial charge in [-0.2, -0.15) is 0 Å². The first-order valence-corrected chi connectivity index (χ1v) is 12.8. The molecule has 3 rings (SSSR count). The van der Waals surface area contributed by atoms with Crippen molar-refractivity contribution in [3.05, 3.63) is 71.3 Å². The molecule has 0 aliphatic carbocycles. The molecule has 2 atom stereocenters. The quantitative estimate of drug-likeness (QED) is 0.442. The van der Waals surface area contributed by atoms with Crippen molar-refractivity contribution in [2.45, 2.75) is 45.8 Å². The lowest BCUT2D eigenvalue weighted by Gasteiger charge is -2.36. The number of piperazine rings is 1. The molecule has 1 fully saturated rings. The van der Waals surface area contributed by atoms with Crippen molar-refractivity contribution in [1.82, 2.24) is 20.4 Å². The van der Waals surface area contributed by atoms with Crippen LogP contribution in [0.15, 0.2) is 54.6 Å². The summed E-state index contributed by atoms with van der Waals surface area (Å²) in [4.78, 5) is 41.4. The topological polar surface area (TPSA) is 108 Å². The van der Waals surface area contributed by atoms with Gasteiger partial charge >= 0.3 is 0 Å². The SMILES string of the molecule is CCC(=O)NC[C@H](Cc1ccc(CNC(=O)C(C)N)cc1)C(=O)N1CCN(Cc2ccccc2)CC1. The molecule has 8 heteroatoms. The number of nitrogens with one attached hydrogen (secondary N) is 2. The molecule has 0 aromatic heterocycles. The third kappa shape index (κ3) is 8.46. The molecule has 0 bridgehead atoms. The summed E-state index contributed by atoms with van der Waals surface area (Å²) in [5.74, 6) is -0.496. The van der Waals surface area contributed by atoms with Gasteiger partial charge in [0.15, 0.2) is 0 Å². The molecular formula is C28H39N5O3. The Kier molecular flexibility index (Phi) is 10.5. The largest absolute Gasteiger partial charge is 0.355 e. The van der Waals surface area contributed by atoms with Gasteiger partial charge in [0.1, 0.15) is 0 Å². The van der Waals surface area contributed by atoms with Gasteiger partial charge in [-0.15, -0.1) is 0 Å². The summed E-state index contributed by atoms with van der Waals surface area (Å²) in [5.41, 5.74) is 8.85. The highest BCUT2D eigenvalue weighted by Crippen LogP contribution is 2.16. The van der Waals surface area contributed by atoms with Crippen LogP contribution in [-0.2, 0) is 33.9 Å². The van der Waals surface area contributed by atoms with Crippen molar-refractivity contribution >= 4 is 17.7 Å². The first-order chi connectivity index (χ1) is 17.4. The molecule has 194 valence electrons. The molecule has 0 saturated carbocycles. The smallest absolute Gasteiger partial charge is 0.236 e. The van der Waals surface area contributed by atoms with E-state index in [0.29, 0.717) is 39.0 Å². The number of hydrogen-bond acceptors (Lipinski definition) is 5. The fourth-order valence-electron chi connectivity index (χ4n) is 4.26. The van der Waals surface area contributed by atoms with Crippen LogP contribution in [-0.4, -0.2) is 66.3 Å². The van der Waals surface area contributed by atoms with E-state index >= 15 is 0 Å². The summed E-state index contributed by atoms with van der Waals surface area (Å²) in [7, 11) is 0. The highest BCUT2D eigenvalue weighted by molar-refractivity contribution is 5.81. The summed E-state index contributed by atoms with van der Waals surface area (Å²) in [6, 6.07) is 17.7. The lowest BCUT2D eigenvalue weighted by Crippen LogP contribution is -2.51. The molecule has 4 N–H and O–H groups in total. The van der Waals surface area contributed by atoms with E-state index < -0.39 is 6.04 Å². The second-order valence-electron chi connectivity index (χ2n) is 9.47. The zero-order valence-corrected chi connectivity index (χ0v) is 21.4. The van der Waals surface area contributed by atoms with Crippen molar-refractivity contribution in [2.24, 2.45) is 11.7 Å². The number of nitrogens with two attached hydrogens (primary N) is 1. The minimum Gasteiger partial charge on any atom is -0.355 e. The van der Waals surface area contributed by atoms with Gasteiger partial charge < -0.3 is 21.3 Å². The van der Waals surface area contributed by atoms with Crippen molar-refractivity contribution in [2.75, 3.05) is 32.7 Å². The third-order valence-corrected chi connectivity index (χ3v) is 6.53. The van der Waals surface area contributed by atoms with Crippen LogP contribution in [0.2, 0.25) is 0 Å². The minimum atomic E-state index is -0.547. The van der Waals surface area contributed by atoms with Gasteiger partial charge in [-0.1, -0.05) is 61.5 Å². The van der Waals surface area contributed by atoms with Gasteiger partial charge in [0.2, 0.25) is 17.7 Å². The highest BCUT2D eigenvalue weighted by atomic mass is 16.2. The molecule has 1 heterocycles. The Bertz CT molecular complexity index is 986. The fraction of sp³-hybridized carbons (Fsp3) is 0.464. The van der Waals surface area contributed by atoms with E-state index in [1.54, 1.807) is 13.8 Å². The van der Waals surface area contributed by atoms with Crippen LogP contribution in [0.25, 0.3) is 0 Å². The van der Waals surface area contributed by atoms with Gasteiger partial charge in [-0.3, -0.25) is 19.3 Å². The van der Waals surface area contributed by atoms with E-state index in [0.717, 1.165) is 30.8 Å². The van der Waals surface area contributed by atoms with Crippen molar-refractivity contribution < 1.29 is 14.4 Å². The summed E-state index contributed by atoms with van der Waals surface area (Å²) in [6.07, 6.45) is 0.931. The van der Waals surface area contributed by atoms with E-state index in [1.807, 2.05) is 47.4 Å². The van der Waals surface area contributed by atoms with Crippen LogP contribution < -0.4 is 16.4 Å². The summed E-state index contributed by atoms with van der Waals surface area (Å²) >= 11 is 0. The normalized spacial score (nSPS) is 15.7. The molecule has 0 spiro atoms. The maximum atomic E-state index is 13.5. The summed E-state index contributed by atoms with van der Waals surface area (Å²) in [6.45, 7) is 8.09. The van der Waals surface area contributed by atoms with Gasteiger partial charge in [0.05, 0.1) is 12.0 Å². The Morgan fingerprint density at radius 2 is 1.53 bits per heavy atom. The zero-order valence-electron chi connectivity index (χ0n) is 21.4. The van der Waals surface area contributed by atoms with Crippen LogP contribution in [0.1, 0.15) is 37.0 Å². The molecular weight excluding hydrogens is 454 g/mol. The summed E-state index contributed by atoms with van der Waals surface area (Å²) in [5, 5.41) is 5.71. The number of carbonyl (C=O) groups is 3. The van der Waals surface area contributed by atoms with Gasteiger partial charge in [-0.25, -0.2) is 0 Å². The Labute approximate surface area is 214 Å². The second-order valence-corrected chi connectivity index (χ2v) is 9.47. The molecule has 1 aliphatic rings. The van der Waals surface area contributed by atoms with Gasteiger partial charge in [-0.05, 0) is 30.0 Å². The third-order valence-electron chi connectivity index (χ3n) is 6.53. The van der Waals surface area contributed by atoms with Crippen LogP contribution >= 0.6 is 0 Å². The average molecular weight is 494 g/mol. The van der Waals surface area contributed by atoms with E-state index in [9.17, 15) is 14.4 Å². The first kappa shape index (κ1) is 27.4. The van der Waals surface area contributed by atoms with Crippen molar-refractivity contribution in [1.29, 1.82) is 0 Å². The number of carbonyl (C=O) groups excluding carboxylic acids is 3. The number of nitrogens with zero attached hydrogens (tertiary/aromatic N) is 2. The summed E-state index contributed by atoms with van der Waals surface area (Å²) < 4.78 is 0. The predicted molar refractivity (Wildman–Crippen MR) is 141 cm³/mol. The number of amides is 3. The zero-order chi connectivity index (χ0) is 25.9. The monoisotopic (exact) mass is 493 g/mol. The van der Waals surface area contributed by atoms with E-state index in [-0.39, 0.29) is 23.6 Å². The second kappa shape index (κ2) is 13.8. The van der Waals surface area contributed by atoms with E-state index in [4.69, 9.17) is 5.73 Å². The molecule has 36 heavy (non-hydrogen) atoms. The lowest BCUT2D eigenvalue weighted by atomic mass is 9.96. The maximum absolute atomic E-state index is 13.5. The molecule has 1 aliphatic heterocycles. The van der Waals surface area contributed by atoms with Crippen LogP contribution in [0.5, 0.6) is 0 Å². The van der Waals surface area contributed by atoms with Crippen LogP contribution in [0.3, 0.4) is 0 Å².